The molecule has 0 radical (unpaired) electrons. The van der Waals surface area contributed by atoms with Crippen LogP contribution in [-0.4, -0.2) is 43.2 Å². The average Bonchev–Trinajstić information content (AvgIpc) is 2.64. The quantitative estimate of drug-likeness (QED) is 0.839. The molecular weight excluding hydrogens is 202 g/mol. The van der Waals surface area contributed by atoms with Crippen LogP contribution < -0.4 is 10.1 Å². The van der Waals surface area contributed by atoms with E-state index >= 15 is 0 Å². The topological polar surface area (TPSA) is 37.4 Å². The van der Waals surface area contributed by atoms with Crippen LogP contribution in [0, 0.1) is 6.92 Å². The molecule has 1 N–H and O–H groups in total. The summed E-state index contributed by atoms with van der Waals surface area (Å²) in [7, 11) is 3.83. The van der Waals surface area contributed by atoms with Crippen molar-refractivity contribution in [3.63, 3.8) is 0 Å². The zero-order chi connectivity index (χ0) is 11.5. The molecule has 1 aliphatic heterocycles. The van der Waals surface area contributed by atoms with Crippen molar-refractivity contribution in [2.45, 2.75) is 19.4 Å². The molecule has 0 saturated carbocycles. The third-order valence-electron chi connectivity index (χ3n) is 2.98. The molecule has 16 heavy (non-hydrogen) atoms. The van der Waals surface area contributed by atoms with E-state index in [9.17, 15) is 0 Å². The van der Waals surface area contributed by atoms with Crippen LogP contribution in [0.4, 0.5) is 5.69 Å². The van der Waals surface area contributed by atoms with Gasteiger partial charge in [-0.3, -0.25) is 4.98 Å². The van der Waals surface area contributed by atoms with E-state index in [1.165, 1.54) is 6.42 Å². The first-order valence-electron chi connectivity index (χ1n) is 5.65. The summed E-state index contributed by atoms with van der Waals surface area (Å²) in [4.78, 5) is 6.56. The Morgan fingerprint density at radius 3 is 3.00 bits per heavy atom. The van der Waals surface area contributed by atoms with E-state index in [1.54, 1.807) is 13.3 Å². The number of nitrogens with zero attached hydrogens (tertiary/aromatic N) is 2. The van der Waals surface area contributed by atoms with Gasteiger partial charge < -0.3 is 15.0 Å². The van der Waals surface area contributed by atoms with E-state index in [2.05, 4.69) is 22.2 Å². The summed E-state index contributed by atoms with van der Waals surface area (Å²) in [6.07, 6.45) is 2.96. The molecule has 4 heteroatoms. The number of ether oxygens (including phenoxy) is 1. The molecule has 1 aromatic heterocycles. The van der Waals surface area contributed by atoms with Gasteiger partial charge in [-0.15, -0.1) is 0 Å². The zero-order valence-corrected chi connectivity index (χ0v) is 10.2. The molecule has 4 nitrogen and oxygen atoms in total. The molecule has 2 heterocycles. The summed E-state index contributed by atoms with van der Waals surface area (Å²) in [5.41, 5.74) is 2.06. The van der Waals surface area contributed by atoms with Crippen LogP contribution in [0.5, 0.6) is 5.75 Å². The van der Waals surface area contributed by atoms with Gasteiger partial charge in [-0.1, -0.05) is 0 Å². The van der Waals surface area contributed by atoms with Crippen LogP contribution in [0.25, 0.3) is 0 Å². The molecule has 1 aromatic rings. The van der Waals surface area contributed by atoms with Crippen molar-refractivity contribution in [3.05, 3.63) is 18.0 Å². The molecule has 88 valence electrons. The summed E-state index contributed by atoms with van der Waals surface area (Å²) < 4.78 is 5.30. The number of aryl methyl sites for hydroxylation is 1. The lowest BCUT2D eigenvalue weighted by Gasteiger charge is -2.16. The van der Waals surface area contributed by atoms with Gasteiger partial charge in [0.25, 0.3) is 0 Å². The van der Waals surface area contributed by atoms with Crippen molar-refractivity contribution in [2.75, 3.05) is 32.6 Å². The second-order valence-electron chi connectivity index (χ2n) is 4.42. The third kappa shape index (κ3) is 2.44. The van der Waals surface area contributed by atoms with Crippen LogP contribution in [0.15, 0.2) is 12.3 Å². The highest BCUT2D eigenvalue weighted by molar-refractivity contribution is 5.56. The van der Waals surface area contributed by atoms with Crippen molar-refractivity contribution in [3.8, 4) is 5.75 Å². The van der Waals surface area contributed by atoms with Gasteiger partial charge in [0.15, 0.2) is 5.75 Å². The van der Waals surface area contributed by atoms with E-state index in [-0.39, 0.29) is 0 Å². The standard InChI is InChI=1S/C12H19N3O/c1-9-6-11(12(16-3)7-13-9)14-10-4-5-15(2)8-10/h6-7,10H,4-5,8H2,1-3H3,(H,13,14). The summed E-state index contributed by atoms with van der Waals surface area (Å²) in [5.74, 6) is 0.820. The number of aromatic nitrogens is 1. The van der Waals surface area contributed by atoms with Crippen LogP contribution >= 0.6 is 0 Å². The molecule has 2 rings (SSSR count). The molecule has 0 aromatic carbocycles. The van der Waals surface area contributed by atoms with Gasteiger partial charge in [0.1, 0.15) is 0 Å². The third-order valence-corrected chi connectivity index (χ3v) is 2.98. The fourth-order valence-corrected chi connectivity index (χ4v) is 2.10. The SMILES string of the molecule is COc1cnc(C)cc1NC1CCN(C)C1. The fraction of sp³-hybridized carbons (Fsp3) is 0.583. The predicted molar refractivity (Wildman–Crippen MR) is 65.1 cm³/mol. The molecular formula is C12H19N3O. The minimum atomic E-state index is 0.515. The molecule has 0 spiro atoms. The minimum absolute atomic E-state index is 0.515. The number of pyridine rings is 1. The number of likely N-dealkylation sites (N-methyl/N-ethyl adjacent to an activating group) is 1. The smallest absolute Gasteiger partial charge is 0.160 e. The number of hydrogen-bond donors (Lipinski definition) is 1. The van der Waals surface area contributed by atoms with Crippen LogP contribution in [-0.2, 0) is 0 Å². The monoisotopic (exact) mass is 221 g/mol. The molecule has 0 bridgehead atoms. The van der Waals surface area contributed by atoms with Crippen LogP contribution in [0.3, 0.4) is 0 Å². The molecule has 0 amide bonds. The van der Waals surface area contributed by atoms with E-state index < -0.39 is 0 Å². The molecule has 0 aliphatic carbocycles. The number of likely N-dealkylation sites (tertiary alicyclic amines) is 1. The summed E-state index contributed by atoms with van der Waals surface area (Å²) in [6, 6.07) is 2.55. The van der Waals surface area contributed by atoms with Gasteiger partial charge in [0.2, 0.25) is 0 Å². The zero-order valence-electron chi connectivity index (χ0n) is 10.2. The van der Waals surface area contributed by atoms with Crippen molar-refractivity contribution >= 4 is 5.69 Å². The maximum absolute atomic E-state index is 5.30. The first-order chi connectivity index (χ1) is 7.69. The molecule has 1 aliphatic rings. The Hall–Kier alpha value is -1.29. The Labute approximate surface area is 96.6 Å². The highest BCUT2D eigenvalue weighted by Gasteiger charge is 2.20. The van der Waals surface area contributed by atoms with Crippen LogP contribution in [0.1, 0.15) is 12.1 Å². The van der Waals surface area contributed by atoms with Crippen molar-refractivity contribution in [2.24, 2.45) is 0 Å². The minimum Gasteiger partial charge on any atom is -0.493 e. The van der Waals surface area contributed by atoms with Gasteiger partial charge in [0, 0.05) is 18.3 Å². The second-order valence-corrected chi connectivity index (χ2v) is 4.42. The lowest BCUT2D eigenvalue weighted by atomic mass is 10.2. The number of rotatable bonds is 3. The summed E-state index contributed by atoms with van der Waals surface area (Å²) in [5, 5.41) is 3.52. The van der Waals surface area contributed by atoms with Crippen molar-refractivity contribution < 1.29 is 4.74 Å². The Kier molecular flexibility index (Phi) is 3.29. The summed E-state index contributed by atoms with van der Waals surface area (Å²) >= 11 is 0. The molecule has 1 saturated heterocycles. The van der Waals surface area contributed by atoms with Gasteiger partial charge in [0.05, 0.1) is 19.0 Å². The van der Waals surface area contributed by atoms with E-state index in [4.69, 9.17) is 4.74 Å². The largest absolute Gasteiger partial charge is 0.493 e. The fourth-order valence-electron chi connectivity index (χ4n) is 2.10. The Morgan fingerprint density at radius 2 is 2.38 bits per heavy atom. The first-order valence-corrected chi connectivity index (χ1v) is 5.65. The van der Waals surface area contributed by atoms with Gasteiger partial charge in [-0.05, 0) is 33.0 Å². The number of methoxy groups -OCH3 is 1. The first kappa shape index (κ1) is 11.2. The molecule has 1 atom stereocenters. The summed E-state index contributed by atoms with van der Waals surface area (Å²) in [6.45, 7) is 4.24. The normalized spacial score (nSPS) is 21.1. The van der Waals surface area contributed by atoms with Crippen molar-refractivity contribution in [1.29, 1.82) is 0 Å². The Bertz CT molecular complexity index is 367. The molecule has 1 unspecified atom stereocenters. The maximum Gasteiger partial charge on any atom is 0.160 e. The number of hydrogen-bond acceptors (Lipinski definition) is 4. The van der Waals surface area contributed by atoms with E-state index in [1.807, 2.05) is 13.0 Å². The average molecular weight is 221 g/mol. The number of anilines is 1. The molecule has 1 fully saturated rings. The lowest BCUT2D eigenvalue weighted by Crippen LogP contribution is -2.23. The van der Waals surface area contributed by atoms with E-state index in [0.717, 1.165) is 30.2 Å². The van der Waals surface area contributed by atoms with Gasteiger partial charge in [-0.25, -0.2) is 0 Å². The maximum atomic E-state index is 5.30. The van der Waals surface area contributed by atoms with Crippen LogP contribution in [0.2, 0.25) is 0 Å². The highest BCUT2D eigenvalue weighted by atomic mass is 16.5. The lowest BCUT2D eigenvalue weighted by molar-refractivity contribution is 0.409. The van der Waals surface area contributed by atoms with Gasteiger partial charge in [-0.2, -0.15) is 0 Å². The Balaban J connectivity index is 2.10. The van der Waals surface area contributed by atoms with Crippen molar-refractivity contribution in [1.82, 2.24) is 9.88 Å². The number of nitrogens with one attached hydrogen (secondary N) is 1. The predicted octanol–water partition coefficient (Wildman–Crippen LogP) is 1.51. The van der Waals surface area contributed by atoms with E-state index in [0.29, 0.717) is 6.04 Å². The highest BCUT2D eigenvalue weighted by Crippen LogP contribution is 2.25. The Morgan fingerprint density at radius 1 is 1.56 bits per heavy atom. The second kappa shape index (κ2) is 4.70. The van der Waals surface area contributed by atoms with Gasteiger partial charge >= 0.3 is 0 Å².